The number of rotatable bonds is 4. The Morgan fingerprint density at radius 3 is 2.95 bits per heavy atom. The molecule has 2 aromatic heterocycles. The number of fused-ring (bicyclic) bond motifs is 1. The van der Waals surface area contributed by atoms with E-state index >= 15 is 0 Å². The van der Waals surface area contributed by atoms with Gasteiger partial charge in [0.05, 0.1) is 19.2 Å². The highest BCUT2D eigenvalue weighted by molar-refractivity contribution is 5.91. The van der Waals surface area contributed by atoms with Crippen LogP contribution in [0.25, 0.3) is 10.9 Å². The lowest BCUT2D eigenvalue weighted by atomic mass is 10.2. The second-order valence-electron chi connectivity index (χ2n) is 4.58. The molecule has 0 bridgehead atoms. The lowest BCUT2D eigenvalue weighted by molar-refractivity contribution is 0.0924. The number of furan rings is 1. The topological polar surface area (TPSA) is 82.4 Å². The van der Waals surface area contributed by atoms with Crippen molar-refractivity contribution < 1.29 is 13.9 Å². The van der Waals surface area contributed by atoms with Crippen molar-refractivity contribution in [3.05, 3.63) is 54.1 Å². The Balaban J connectivity index is 1.92. The smallest absolute Gasteiger partial charge is 0.300 e. The lowest BCUT2D eigenvalue weighted by Crippen LogP contribution is -2.29. The SMILES string of the molecule is COc1cccc2c1ccn2Cc1ccc(C(=O)NN)o1. The lowest BCUT2D eigenvalue weighted by Gasteiger charge is -2.05. The van der Waals surface area contributed by atoms with E-state index in [-0.39, 0.29) is 5.76 Å². The van der Waals surface area contributed by atoms with Gasteiger partial charge in [-0.15, -0.1) is 0 Å². The van der Waals surface area contributed by atoms with E-state index in [1.165, 1.54) is 0 Å². The molecular formula is C15H15N3O3. The third-order valence-corrected chi connectivity index (χ3v) is 3.34. The molecule has 0 aliphatic rings. The fraction of sp³-hybridized carbons (Fsp3) is 0.133. The van der Waals surface area contributed by atoms with Crippen LogP contribution in [0.3, 0.4) is 0 Å². The Bertz CT molecular complexity index is 788. The first kappa shape index (κ1) is 13.3. The molecule has 0 atom stereocenters. The number of nitrogens with two attached hydrogens (primary N) is 1. The maximum Gasteiger partial charge on any atom is 0.300 e. The summed E-state index contributed by atoms with van der Waals surface area (Å²) in [6.07, 6.45) is 1.96. The number of methoxy groups -OCH3 is 1. The molecule has 1 amide bonds. The molecule has 21 heavy (non-hydrogen) atoms. The number of nitrogen functional groups attached to an aromatic ring is 1. The van der Waals surface area contributed by atoms with Crippen LogP contribution in [0.15, 0.2) is 47.0 Å². The van der Waals surface area contributed by atoms with Crippen molar-refractivity contribution in [2.24, 2.45) is 5.84 Å². The summed E-state index contributed by atoms with van der Waals surface area (Å²) in [6.45, 7) is 0.522. The molecular weight excluding hydrogens is 270 g/mol. The van der Waals surface area contributed by atoms with Gasteiger partial charge in [-0.05, 0) is 30.3 Å². The van der Waals surface area contributed by atoms with Gasteiger partial charge in [0.15, 0.2) is 5.76 Å². The third-order valence-electron chi connectivity index (χ3n) is 3.34. The van der Waals surface area contributed by atoms with E-state index in [1.807, 2.05) is 40.5 Å². The largest absolute Gasteiger partial charge is 0.496 e. The number of nitrogens with zero attached hydrogens (tertiary/aromatic N) is 1. The van der Waals surface area contributed by atoms with Crippen LogP contribution in [0.2, 0.25) is 0 Å². The van der Waals surface area contributed by atoms with Gasteiger partial charge in [0, 0.05) is 11.6 Å². The van der Waals surface area contributed by atoms with Crippen LogP contribution in [0, 0.1) is 0 Å². The highest BCUT2D eigenvalue weighted by atomic mass is 16.5. The minimum absolute atomic E-state index is 0.196. The quantitative estimate of drug-likeness (QED) is 0.436. The first-order valence-corrected chi connectivity index (χ1v) is 6.44. The van der Waals surface area contributed by atoms with E-state index in [0.29, 0.717) is 12.3 Å². The van der Waals surface area contributed by atoms with Gasteiger partial charge >= 0.3 is 5.91 Å². The Morgan fingerprint density at radius 1 is 1.33 bits per heavy atom. The van der Waals surface area contributed by atoms with Crippen LogP contribution in [-0.4, -0.2) is 17.6 Å². The Labute approximate surface area is 121 Å². The number of carbonyl (C=O) groups excluding carboxylic acids is 1. The van der Waals surface area contributed by atoms with Crippen LogP contribution in [0.4, 0.5) is 0 Å². The van der Waals surface area contributed by atoms with E-state index in [4.69, 9.17) is 15.0 Å². The van der Waals surface area contributed by atoms with Gasteiger partial charge in [-0.2, -0.15) is 0 Å². The van der Waals surface area contributed by atoms with E-state index in [0.717, 1.165) is 16.7 Å². The van der Waals surface area contributed by atoms with Crippen molar-refractivity contribution in [3.63, 3.8) is 0 Å². The summed E-state index contributed by atoms with van der Waals surface area (Å²) in [7, 11) is 1.65. The zero-order chi connectivity index (χ0) is 14.8. The monoisotopic (exact) mass is 285 g/mol. The Hall–Kier alpha value is -2.73. The van der Waals surface area contributed by atoms with Gasteiger partial charge in [-0.25, -0.2) is 5.84 Å². The number of hydrogen-bond donors (Lipinski definition) is 2. The van der Waals surface area contributed by atoms with Crippen molar-refractivity contribution in [1.82, 2.24) is 9.99 Å². The number of carbonyl (C=O) groups is 1. The fourth-order valence-electron chi connectivity index (χ4n) is 2.34. The van der Waals surface area contributed by atoms with Gasteiger partial charge in [-0.1, -0.05) is 6.07 Å². The average molecular weight is 285 g/mol. The molecule has 0 aliphatic heterocycles. The summed E-state index contributed by atoms with van der Waals surface area (Å²) in [6, 6.07) is 11.2. The molecule has 0 spiro atoms. The molecule has 6 nitrogen and oxygen atoms in total. The molecule has 0 saturated carbocycles. The number of aromatic nitrogens is 1. The predicted molar refractivity (Wildman–Crippen MR) is 78.0 cm³/mol. The number of amides is 1. The van der Waals surface area contributed by atoms with Crippen LogP contribution in [0.1, 0.15) is 16.3 Å². The molecule has 0 radical (unpaired) electrons. The van der Waals surface area contributed by atoms with Gasteiger partial charge in [-0.3, -0.25) is 10.2 Å². The zero-order valence-corrected chi connectivity index (χ0v) is 11.5. The molecule has 0 aliphatic carbocycles. The van der Waals surface area contributed by atoms with Gasteiger partial charge < -0.3 is 13.7 Å². The molecule has 0 saturated heterocycles. The van der Waals surface area contributed by atoms with Gasteiger partial charge in [0.25, 0.3) is 0 Å². The normalized spacial score (nSPS) is 10.8. The summed E-state index contributed by atoms with van der Waals surface area (Å²) in [4.78, 5) is 11.4. The predicted octanol–water partition coefficient (Wildman–Crippen LogP) is 1.89. The molecule has 6 heteroatoms. The molecule has 3 aromatic rings. The van der Waals surface area contributed by atoms with E-state index in [2.05, 4.69) is 0 Å². The number of hydrazine groups is 1. The maximum absolute atomic E-state index is 11.4. The molecule has 0 fully saturated rings. The van der Waals surface area contributed by atoms with Crippen LogP contribution in [-0.2, 0) is 6.54 Å². The maximum atomic E-state index is 11.4. The third kappa shape index (κ3) is 2.36. The molecule has 3 N–H and O–H groups in total. The second-order valence-corrected chi connectivity index (χ2v) is 4.58. The number of nitrogens with one attached hydrogen (secondary N) is 1. The average Bonchev–Trinajstić information content (AvgIpc) is 3.14. The van der Waals surface area contributed by atoms with Crippen LogP contribution in [0.5, 0.6) is 5.75 Å². The summed E-state index contributed by atoms with van der Waals surface area (Å²) < 4.78 is 12.8. The van der Waals surface area contributed by atoms with E-state index in [9.17, 15) is 4.79 Å². The summed E-state index contributed by atoms with van der Waals surface area (Å²) in [5.74, 6) is 6.33. The number of benzene rings is 1. The number of hydrogen-bond acceptors (Lipinski definition) is 4. The standard InChI is InChI=1S/C15H15N3O3/c1-20-13-4-2-3-12-11(13)7-8-18(12)9-10-5-6-14(21-10)15(19)17-16/h2-8H,9,16H2,1H3,(H,17,19). The molecule has 1 aromatic carbocycles. The van der Waals surface area contributed by atoms with Crippen molar-refractivity contribution in [2.45, 2.75) is 6.54 Å². The van der Waals surface area contributed by atoms with Crippen LogP contribution < -0.4 is 16.0 Å². The molecule has 0 unspecified atom stereocenters. The van der Waals surface area contributed by atoms with Gasteiger partial charge in [0.1, 0.15) is 11.5 Å². The Kier molecular flexibility index (Phi) is 3.37. The summed E-state index contributed by atoms with van der Waals surface area (Å²) >= 11 is 0. The zero-order valence-electron chi connectivity index (χ0n) is 11.5. The minimum atomic E-state index is -0.444. The van der Waals surface area contributed by atoms with E-state index < -0.39 is 5.91 Å². The van der Waals surface area contributed by atoms with E-state index in [1.54, 1.807) is 19.2 Å². The second kappa shape index (κ2) is 5.34. The van der Waals surface area contributed by atoms with Crippen LogP contribution >= 0.6 is 0 Å². The molecule has 3 rings (SSSR count). The molecule has 2 heterocycles. The van der Waals surface area contributed by atoms with Crippen molar-refractivity contribution in [2.75, 3.05) is 7.11 Å². The summed E-state index contributed by atoms with van der Waals surface area (Å²) in [5.41, 5.74) is 3.08. The molecule has 108 valence electrons. The summed E-state index contributed by atoms with van der Waals surface area (Å²) in [5, 5.41) is 1.03. The fourth-order valence-corrected chi connectivity index (χ4v) is 2.34. The minimum Gasteiger partial charge on any atom is -0.496 e. The first-order chi connectivity index (χ1) is 10.2. The highest BCUT2D eigenvalue weighted by Gasteiger charge is 2.11. The van der Waals surface area contributed by atoms with Gasteiger partial charge in [0.2, 0.25) is 0 Å². The number of ether oxygens (including phenoxy) is 1. The van der Waals surface area contributed by atoms with Crippen molar-refractivity contribution in [3.8, 4) is 5.75 Å². The first-order valence-electron chi connectivity index (χ1n) is 6.44. The highest BCUT2D eigenvalue weighted by Crippen LogP contribution is 2.26. The Morgan fingerprint density at radius 2 is 2.19 bits per heavy atom. The van der Waals surface area contributed by atoms with Crippen molar-refractivity contribution >= 4 is 16.8 Å². The van der Waals surface area contributed by atoms with Crippen molar-refractivity contribution in [1.29, 1.82) is 0 Å².